The number of primary amides is 1. The molecular formula is C35H38N4O6. The van der Waals surface area contributed by atoms with E-state index in [1.807, 2.05) is 54.7 Å². The van der Waals surface area contributed by atoms with Gasteiger partial charge in [0.05, 0.1) is 27.0 Å². The zero-order valence-corrected chi connectivity index (χ0v) is 26.3. The molecule has 1 aliphatic rings. The van der Waals surface area contributed by atoms with Crippen molar-refractivity contribution < 1.29 is 28.5 Å². The van der Waals surface area contributed by atoms with Crippen LogP contribution in [-0.4, -0.2) is 59.8 Å². The molecule has 3 heterocycles. The maximum absolute atomic E-state index is 14.6. The predicted octanol–water partition coefficient (Wildman–Crippen LogP) is 5.81. The summed E-state index contributed by atoms with van der Waals surface area (Å²) in [6.45, 7) is 5.39. The van der Waals surface area contributed by atoms with E-state index in [1.54, 1.807) is 54.2 Å². The molecule has 0 saturated carbocycles. The molecule has 45 heavy (non-hydrogen) atoms. The van der Waals surface area contributed by atoms with E-state index >= 15 is 0 Å². The summed E-state index contributed by atoms with van der Waals surface area (Å²) in [6.07, 6.45) is 1.55. The van der Waals surface area contributed by atoms with Crippen molar-refractivity contribution in [2.75, 3.05) is 21.3 Å². The molecule has 10 nitrogen and oxygen atoms in total. The molecule has 0 spiro atoms. The van der Waals surface area contributed by atoms with Gasteiger partial charge in [-0.25, -0.2) is 4.79 Å². The third-order valence-electron chi connectivity index (χ3n) is 8.55. The fraction of sp³-hybridized carbons (Fsp3) is 0.314. The van der Waals surface area contributed by atoms with Gasteiger partial charge in [0.2, 0.25) is 5.91 Å². The van der Waals surface area contributed by atoms with Crippen molar-refractivity contribution in [3.05, 3.63) is 89.2 Å². The molecule has 4 N–H and O–H groups in total. The van der Waals surface area contributed by atoms with Crippen LogP contribution >= 0.6 is 0 Å². The number of rotatable bonds is 7. The lowest BCUT2D eigenvalue weighted by Gasteiger charge is -2.50. The number of ether oxygens (including phenoxy) is 4. The lowest BCUT2D eigenvalue weighted by Crippen LogP contribution is -2.64. The SMILES string of the molecule is COc1cc(OC)c(C[C@@]2(c3c[nH]c4ccccc34)c3[nH]c4ccccc4c3C[C@H](C(N)=O)N2C(=O)OC(C)(C)C)c(OC)c1. The van der Waals surface area contributed by atoms with Crippen LogP contribution in [0.3, 0.4) is 0 Å². The molecule has 0 unspecified atom stereocenters. The maximum Gasteiger partial charge on any atom is 0.412 e. The van der Waals surface area contributed by atoms with Crippen LogP contribution in [0.4, 0.5) is 4.79 Å². The van der Waals surface area contributed by atoms with Gasteiger partial charge in [-0.3, -0.25) is 9.69 Å². The Labute approximate surface area is 261 Å². The summed E-state index contributed by atoms with van der Waals surface area (Å²) in [4.78, 5) is 36.7. The molecule has 2 atom stereocenters. The third kappa shape index (κ3) is 4.90. The Balaban J connectivity index is 1.78. The number of aromatic amines is 2. The van der Waals surface area contributed by atoms with Crippen LogP contribution in [0.15, 0.2) is 66.9 Å². The van der Waals surface area contributed by atoms with Gasteiger partial charge >= 0.3 is 6.09 Å². The number of para-hydroxylation sites is 2. The molecular weight excluding hydrogens is 572 g/mol. The van der Waals surface area contributed by atoms with Gasteiger partial charge < -0.3 is 34.6 Å². The molecule has 10 heteroatoms. The molecule has 234 valence electrons. The zero-order valence-electron chi connectivity index (χ0n) is 26.3. The third-order valence-corrected chi connectivity index (χ3v) is 8.55. The van der Waals surface area contributed by atoms with E-state index in [9.17, 15) is 9.59 Å². The lowest BCUT2D eigenvalue weighted by molar-refractivity contribution is -0.126. The summed E-state index contributed by atoms with van der Waals surface area (Å²) < 4.78 is 23.4. The normalized spacial score (nSPS) is 18.1. The van der Waals surface area contributed by atoms with Crippen LogP contribution in [0.5, 0.6) is 17.2 Å². The number of nitrogens with two attached hydrogens (primary N) is 1. The number of nitrogens with one attached hydrogen (secondary N) is 2. The van der Waals surface area contributed by atoms with E-state index < -0.39 is 29.2 Å². The highest BCUT2D eigenvalue weighted by atomic mass is 16.6. The molecule has 0 radical (unpaired) electrons. The van der Waals surface area contributed by atoms with Crippen molar-refractivity contribution >= 4 is 33.8 Å². The largest absolute Gasteiger partial charge is 0.496 e. The van der Waals surface area contributed by atoms with Crippen LogP contribution in [-0.2, 0) is 27.9 Å². The highest BCUT2D eigenvalue weighted by Crippen LogP contribution is 2.52. The summed E-state index contributed by atoms with van der Waals surface area (Å²) >= 11 is 0. The molecule has 3 aromatic carbocycles. The van der Waals surface area contributed by atoms with Gasteiger partial charge in [-0.2, -0.15) is 0 Å². The van der Waals surface area contributed by atoms with Crippen molar-refractivity contribution in [2.24, 2.45) is 5.73 Å². The number of benzene rings is 3. The molecule has 0 saturated heterocycles. The van der Waals surface area contributed by atoms with Crippen LogP contribution < -0.4 is 19.9 Å². The van der Waals surface area contributed by atoms with Crippen LogP contribution in [0, 0.1) is 0 Å². The van der Waals surface area contributed by atoms with Gasteiger partial charge in [0.15, 0.2) is 0 Å². The number of carbonyl (C=O) groups is 2. The fourth-order valence-corrected chi connectivity index (χ4v) is 6.71. The molecule has 0 aliphatic carbocycles. The minimum Gasteiger partial charge on any atom is -0.496 e. The average molecular weight is 611 g/mol. The molecule has 5 aromatic rings. The van der Waals surface area contributed by atoms with E-state index in [1.165, 1.54) is 4.90 Å². The van der Waals surface area contributed by atoms with Gasteiger partial charge in [-0.15, -0.1) is 0 Å². The number of carbonyl (C=O) groups excluding carboxylic acids is 2. The first-order chi connectivity index (χ1) is 21.5. The molecule has 2 amide bonds. The standard InChI is InChI=1S/C35H38N4O6/c1-34(2,3)45-33(41)39-28(32(36)40)17-23-21-11-7-10-14-27(21)38-31(23)35(39,25-19-37-26-13-9-8-12-22(25)26)18-24-29(43-5)15-20(42-4)16-30(24)44-6/h7-16,19,28,37-38H,17-18H2,1-6H3,(H2,36,40)/t28-,35-/m1/s1. The number of aromatic nitrogens is 2. The van der Waals surface area contributed by atoms with Crippen LogP contribution in [0.25, 0.3) is 21.8 Å². The van der Waals surface area contributed by atoms with Crippen LogP contribution in [0.2, 0.25) is 0 Å². The van der Waals surface area contributed by atoms with Gasteiger partial charge in [0.25, 0.3) is 0 Å². The minimum atomic E-state index is -1.36. The maximum atomic E-state index is 14.6. The molecule has 0 bridgehead atoms. The van der Waals surface area contributed by atoms with Gasteiger partial charge in [-0.05, 0) is 38.5 Å². The Bertz CT molecular complexity index is 1890. The van der Waals surface area contributed by atoms with Crippen molar-refractivity contribution in [3.8, 4) is 17.2 Å². The topological polar surface area (TPSA) is 132 Å². The van der Waals surface area contributed by atoms with Gasteiger partial charge in [-0.1, -0.05) is 36.4 Å². The molecule has 0 fully saturated rings. The summed E-state index contributed by atoms with van der Waals surface area (Å²) in [5.74, 6) is 0.888. The number of fused-ring (bicyclic) bond motifs is 4. The Morgan fingerprint density at radius 1 is 0.933 bits per heavy atom. The van der Waals surface area contributed by atoms with Crippen molar-refractivity contribution in [2.45, 2.75) is 50.8 Å². The Morgan fingerprint density at radius 3 is 2.16 bits per heavy atom. The lowest BCUT2D eigenvalue weighted by atomic mass is 9.72. The Kier molecular flexibility index (Phi) is 7.39. The number of amides is 2. The monoisotopic (exact) mass is 610 g/mol. The summed E-state index contributed by atoms with van der Waals surface area (Å²) in [5.41, 5.74) is 8.76. The Morgan fingerprint density at radius 2 is 1.56 bits per heavy atom. The average Bonchev–Trinajstić information content (AvgIpc) is 3.62. The minimum absolute atomic E-state index is 0.133. The first-order valence-corrected chi connectivity index (χ1v) is 14.8. The number of hydrogen-bond acceptors (Lipinski definition) is 6. The highest BCUT2D eigenvalue weighted by molar-refractivity contribution is 5.94. The smallest absolute Gasteiger partial charge is 0.412 e. The van der Waals surface area contributed by atoms with Gasteiger partial charge in [0, 0.05) is 64.1 Å². The van der Waals surface area contributed by atoms with Crippen molar-refractivity contribution in [1.29, 1.82) is 0 Å². The second kappa shape index (κ2) is 11.1. The molecule has 6 rings (SSSR count). The summed E-state index contributed by atoms with van der Waals surface area (Å²) in [6, 6.07) is 18.3. The zero-order chi connectivity index (χ0) is 32.1. The number of H-pyrrole nitrogens is 2. The van der Waals surface area contributed by atoms with E-state index in [0.717, 1.165) is 38.6 Å². The van der Waals surface area contributed by atoms with Crippen molar-refractivity contribution in [1.82, 2.24) is 14.9 Å². The quantitative estimate of drug-likeness (QED) is 0.213. The van der Waals surface area contributed by atoms with Crippen molar-refractivity contribution in [3.63, 3.8) is 0 Å². The summed E-state index contributed by atoms with van der Waals surface area (Å²) in [5, 5.41) is 1.81. The highest BCUT2D eigenvalue weighted by Gasteiger charge is 2.56. The number of nitrogens with zero attached hydrogens (tertiary/aromatic N) is 1. The first kappa shape index (κ1) is 29.9. The van der Waals surface area contributed by atoms with E-state index in [4.69, 9.17) is 24.7 Å². The van der Waals surface area contributed by atoms with E-state index in [0.29, 0.717) is 22.8 Å². The molecule has 2 aromatic heterocycles. The number of hydrogen-bond donors (Lipinski definition) is 3. The fourth-order valence-electron chi connectivity index (χ4n) is 6.71. The first-order valence-electron chi connectivity index (χ1n) is 14.8. The second-order valence-electron chi connectivity index (χ2n) is 12.3. The second-order valence-corrected chi connectivity index (χ2v) is 12.3. The van der Waals surface area contributed by atoms with E-state index in [-0.39, 0.29) is 12.8 Å². The van der Waals surface area contributed by atoms with E-state index in [2.05, 4.69) is 9.97 Å². The number of methoxy groups -OCH3 is 3. The van der Waals surface area contributed by atoms with Gasteiger partial charge in [0.1, 0.15) is 34.4 Å². The molecule has 1 aliphatic heterocycles. The predicted molar refractivity (Wildman–Crippen MR) is 172 cm³/mol. The summed E-state index contributed by atoms with van der Waals surface area (Å²) in [7, 11) is 4.72. The Hall–Kier alpha value is -5.12. The van der Waals surface area contributed by atoms with Crippen LogP contribution in [0.1, 0.15) is 43.2 Å².